The third-order valence-electron chi connectivity index (χ3n) is 3.44. The summed E-state index contributed by atoms with van der Waals surface area (Å²) in [5.74, 6) is 0.00585. The summed E-state index contributed by atoms with van der Waals surface area (Å²) >= 11 is 3.41. The van der Waals surface area contributed by atoms with E-state index < -0.39 is 0 Å². The zero-order valence-electron chi connectivity index (χ0n) is 12.0. The number of nitrogens with one attached hydrogen (secondary N) is 1. The first-order valence-corrected chi connectivity index (χ1v) is 7.71. The number of carbonyl (C=O) groups is 1. The number of carbonyl (C=O) groups excluding carboxylic acids is 1. The Morgan fingerprint density at radius 3 is 2.38 bits per heavy atom. The maximum atomic E-state index is 12.2. The van der Waals surface area contributed by atoms with Gasteiger partial charge in [0.15, 0.2) is 0 Å². The maximum Gasteiger partial charge on any atom is 0.224 e. The lowest BCUT2D eigenvalue weighted by Gasteiger charge is -2.15. The van der Waals surface area contributed by atoms with Crippen LogP contribution in [0.25, 0.3) is 0 Å². The smallest absolute Gasteiger partial charge is 0.224 e. The van der Waals surface area contributed by atoms with Crippen molar-refractivity contribution in [2.75, 3.05) is 0 Å². The molecule has 0 heterocycles. The van der Waals surface area contributed by atoms with Crippen LogP contribution in [0.4, 0.5) is 0 Å². The average Bonchev–Trinajstić information content (AvgIpc) is 2.48. The number of hydrogen-bond donors (Lipinski definition) is 2. The van der Waals surface area contributed by atoms with Gasteiger partial charge in [-0.2, -0.15) is 0 Å². The second-order valence-electron chi connectivity index (χ2n) is 4.99. The molecule has 110 valence electrons. The highest BCUT2D eigenvalue weighted by Gasteiger charge is 2.11. The highest BCUT2D eigenvalue weighted by atomic mass is 79.9. The minimum absolute atomic E-state index is 0.00585. The van der Waals surface area contributed by atoms with Crippen molar-refractivity contribution < 1.29 is 4.79 Å². The normalized spacial score (nSPS) is 12.0. The minimum Gasteiger partial charge on any atom is -0.349 e. The van der Waals surface area contributed by atoms with Crippen LogP contribution >= 0.6 is 15.9 Å². The molecule has 0 saturated heterocycles. The molecular weight excluding hydrogens is 328 g/mol. The van der Waals surface area contributed by atoms with Crippen LogP contribution in [0.5, 0.6) is 0 Å². The topological polar surface area (TPSA) is 55.1 Å². The fourth-order valence-electron chi connectivity index (χ4n) is 2.23. The van der Waals surface area contributed by atoms with E-state index in [2.05, 4.69) is 21.2 Å². The summed E-state index contributed by atoms with van der Waals surface area (Å²) in [7, 11) is 0. The van der Waals surface area contributed by atoms with Crippen LogP contribution in [0.1, 0.15) is 29.7 Å². The largest absolute Gasteiger partial charge is 0.349 e. The van der Waals surface area contributed by atoms with Gasteiger partial charge in [0, 0.05) is 11.0 Å². The molecule has 0 fully saturated rings. The highest BCUT2D eigenvalue weighted by molar-refractivity contribution is 9.10. The predicted octanol–water partition coefficient (Wildman–Crippen LogP) is 3.33. The molecule has 1 atom stereocenters. The van der Waals surface area contributed by atoms with Crippen molar-refractivity contribution >= 4 is 21.8 Å². The van der Waals surface area contributed by atoms with Crippen LogP contribution in [0.3, 0.4) is 0 Å². The molecule has 0 aliphatic heterocycles. The monoisotopic (exact) mass is 346 g/mol. The number of rotatable bonds is 5. The Morgan fingerprint density at radius 2 is 1.76 bits per heavy atom. The van der Waals surface area contributed by atoms with Gasteiger partial charge in [0.1, 0.15) is 0 Å². The minimum atomic E-state index is -0.0179. The zero-order chi connectivity index (χ0) is 15.2. The molecule has 0 unspecified atom stereocenters. The molecular formula is C17H19BrN2O. The molecule has 0 spiro atoms. The molecule has 4 heteroatoms. The molecule has 2 rings (SSSR count). The third kappa shape index (κ3) is 4.41. The van der Waals surface area contributed by atoms with Crippen LogP contribution < -0.4 is 11.1 Å². The van der Waals surface area contributed by atoms with Crippen LogP contribution in [0, 0.1) is 0 Å². The van der Waals surface area contributed by atoms with Crippen LogP contribution in [-0.4, -0.2) is 5.91 Å². The molecule has 3 N–H and O–H groups in total. The van der Waals surface area contributed by atoms with Gasteiger partial charge < -0.3 is 11.1 Å². The Morgan fingerprint density at radius 1 is 1.14 bits per heavy atom. The fraction of sp³-hybridized carbons (Fsp3) is 0.235. The summed E-state index contributed by atoms with van der Waals surface area (Å²) in [6.07, 6.45) is 0.355. The number of nitrogens with two attached hydrogens (primary N) is 1. The molecule has 0 aliphatic carbocycles. The Balaban J connectivity index is 1.99. The van der Waals surface area contributed by atoms with Crippen molar-refractivity contribution in [3.05, 3.63) is 69.7 Å². The van der Waals surface area contributed by atoms with Crippen molar-refractivity contribution in [3.8, 4) is 0 Å². The van der Waals surface area contributed by atoms with E-state index in [0.29, 0.717) is 13.0 Å². The molecule has 3 nitrogen and oxygen atoms in total. The Labute approximate surface area is 133 Å². The second kappa shape index (κ2) is 7.38. The summed E-state index contributed by atoms with van der Waals surface area (Å²) < 4.78 is 1.03. The van der Waals surface area contributed by atoms with Gasteiger partial charge in [-0.1, -0.05) is 52.3 Å². The number of halogens is 1. The molecule has 2 aromatic rings. The van der Waals surface area contributed by atoms with E-state index in [4.69, 9.17) is 5.73 Å². The lowest BCUT2D eigenvalue weighted by Crippen LogP contribution is -2.28. The predicted molar refractivity (Wildman–Crippen MR) is 88.7 cm³/mol. The number of benzene rings is 2. The molecule has 0 aliphatic rings. The summed E-state index contributed by atoms with van der Waals surface area (Å²) in [6.45, 7) is 2.43. The summed E-state index contributed by atoms with van der Waals surface area (Å²) in [5, 5.41) is 3.02. The van der Waals surface area contributed by atoms with Gasteiger partial charge in [-0.15, -0.1) is 0 Å². The molecule has 2 aromatic carbocycles. The molecule has 21 heavy (non-hydrogen) atoms. The quantitative estimate of drug-likeness (QED) is 0.872. The van der Waals surface area contributed by atoms with Gasteiger partial charge in [-0.25, -0.2) is 0 Å². The number of amides is 1. The van der Waals surface area contributed by atoms with E-state index in [9.17, 15) is 4.79 Å². The van der Waals surface area contributed by atoms with Crippen molar-refractivity contribution in [3.63, 3.8) is 0 Å². The lowest BCUT2D eigenvalue weighted by molar-refractivity contribution is -0.121. The van der Waals surface area contributed by atoms with Crippen LogP contribution in [0.2, 0.25) is 0 Å². The fourth-order valence-corrected chi connectivity index (χ4v) is 2.49. The van der Waals surface area contributed by atoms with Gasteiger partial charge in [0.2, 0.25) is 5.91 Å². The number of hydrogen-bond acceptors (Lipinski definition) is 2. The molecule has 0 saturated carbocycles. The summed E-state index contributed by atoms with van der Waals surface area (Å²) in [5.41, 5.74) is 8.78. The average molecular weight is 347 g/mol. The van der Waals surface area contributed by atoms with Crippen LogP contribution in [0.15, 0.2) is 53.0 Å². The van der Waals surface area contributed by atoms with E-state index in [1.54, 1.807) is 0 Å². The van der Waals surface area contributed by atoms with E-state index in [-0.39, 0.29) is 11.9 Å². The molecule has 0 radical (unpaired) electrons. The van der Waals surface area contributed by atoms with E-state index in [1.807, 2.05) is 55.5 Å². The van der Waals surface area contributed by atoms with Crippen molar-refractivity contribution in [1.82, 2.24) is 5.32 Å². The van der Waals surface area contributed by atoms with Gasteiger partial charge >= 0.3 is 0 Å². The van der Waals surface area contributed by atoms with Gasteiger partial charge in [-0.05, 0) is 35.7 Å². The Kier molecular flexibility index (Phi) is 5.53. The van der Waals surface area contributed by atoms with Gasteiger partial charge in [0.05, 0.1) is 12.5 Å². The SMILES string of the molecule is C[C@H](NC(=O)Cc1ccccc1CN)c1ccc(Br)cc1. The summed E-state index contributed by atoms with van der Waals surface area (Å²) in [6, 6.07) is 15.7. The molecule has 1 amide bonds. The lowest BCUT2D eigenvalue weighted by atomic mass is 10.0. The summed E-state index contributed by atoms with van der Waals surface area (Å²) in [4.78, 5) is 12.2. The van der Waals surface area contributed by atoms with E-state index in [1.165, 1.54) is 0 Å². The first-order valence-electron chi connectivity index (χ1n) is 6.92. The standard InChI is InChI=1S/C17H19BrN2O/c1-12(13-6-8-16(18)9-7-13)20-17(21)10-14-4-2-3-5-15(14)11-19/h2-9,12H,10-11,19H2,1H3,(H,20,21)/t12-/m0/s1. The van der Waals surface area contributed by atoms with Gasteiger partial charge in [0.25, 0.3) is 0 Å². The van der Waals surface area contributed by atoms with E-state index in [0.717, 1.165) is 21.2 Å². The first-order chi connectivity index (χ1) is 10.1. The van der Waals surface area contributed by atoms with E-state index >= 15 is 0 Å². The first kappa shape index (κ1) is 15.7. The van der Waals surface area contributed by atoms with Gasteiger partial charge in [-0.3, -0.25) is 4.79 Å². The maximum absolute atomic E-state index is 12.2. The molecule has 0 aromatic heterocycles. The van der Waals surface area contributed by atoms with Crippen molar-refractivity contribution in [1.29, 1.82) is 0 Å². The zero-order valence-corrected chi connectivity index (χ0v) is 13.6. The van der Waals surface area contributed by atoms with Crippen molar-refractivity contribution in [2.45, 2.75) is 25.9 Å². The Bertz CT molecular complexity index is 610. The van der Waals surface area contributed by atoms with Crippen LogP contribution in [-0.2, 0) is 17.8 Å². The highest BCUT2D eigenvalue weighted by Crippen LogP contribution is 2.17. The molecule has 0 bridgehead atoms. The Hall–Kier alpha value is -1.65. The second-order valence-corrected chi connectivity index (χ2v) is 5.91. The van der Waals surface area contributed by atoms with Crippen molar-refractivity contribution in [2.24, 2.45) is 5.73 Å². The third-order valence-corrected chi connectivity index (χ3v) is 3.97.